The van der Waals surface area contributed by atoms with Gasteiger partial charge in [-0.2, -0.15) is 5.10 Å². The second-order valence-electron chi connectivity index (χ2n) is 5.38. The lowest BCUT2D eigenvalue weighted by atomic mass is 10.1. The number of carbonyl (C=O) groups is 1. The minimum atomic E-state index is -3.39. The van der Waals surface area contributed by atoms with Crippen molar-refractivity contribution < 1.29 is 13.2 Å². The van der Waals surface area contributed by atoms with Crippen LogP contribution < -0.4 is 10.0 Å². The van der Waals surface area contributed by atoms with Gasteiger partial charge in [0.2, 0.25) is 10.0 Å². The van der Waals surface area contributed by atoms with Crippen molar-refractivity contribution in [1.29, 1.82) is 0 Å². The van der Waals surface area contributed by atoms with E-state index in [4.69, 9.17) is 0 Å². The lowest BCUT2D eigenvalue weighted by Gasteiger charge is -2.11. The van der Waals surface area contributed by atoms with E-state index in [1.807, 2.05) is 6.07 Å². The zero-order chi connectivity index (χ0) is 17.9. The summed E-state index contributed by atoms with van der Waals surface area (Å²) in [5.41, 5.74) is 1.96. The van der Waals surface area contributed by atoms with E-state index in [0.29, 0.717) is 22.6 Å². The van der Waals surface area contributed by atoms with Gasteiger partial charge in [0, 0.05) is 18.1 Å². The molecule has 1 heterocycles. The molecule has 2 aromatic carbocycles. The molecule has 0 bridgehead atoms. The van der Waals surface area contributed by atoms with Crippen LogP contribution in [-0.2, 0) is 10.0 Å². The number of rotatable bonds is 5. The zero-order valence-corrected chi connectivity index (χ0v) is 14.2. The summed E-state index contributed by atoms with van der Waals surface area (Å²) in [6.07, 6.45) is 4.45. The van der Waals surface area contributed by atoms with Crippen LogP contribution >= 0.6 is 0 Å². The average molecular weight is 356 g/mol. The normalized spacial score (nSPS) is 11.1. The van der Waals surface area contributed by atoms with Crippen molar-refractivity contribution in [2.75, 3.05) is 16.3 Å². The average Bonchev–Trinajstić information content (AvgIpc) is 3.08. The Kier molecular flexibility index (Phi) is 4.53. The third kappa shape index (κ3) is 4.24. The van der Waals surface area contributed by atoms with Crippen LogP contribution in [0.15, 0.2) is 67.0 Å². The first-order chi connectivity index (χ1) is 11.9. The minimum Gasteiger partial charge on any atom is -0.322 e. The highest BCUT2D eigenvalue weighted by molar-refractivity contribution is 7.92. The van der Waals surface area contributed by atoms with Gasteiger partial charge in [-0.1, -0.05) is 18.2 Å². The predicted octanol–water partition coefficient (Wildman–Crippen LogP) is 2.50. The molecule has 3 aromatic rings. The maximum atomic E-state index is 12.6. The van der Waals surface area contributed by atoms with Crippen molar-refractivity contribution in [2.45, 2.75) is 0 Å². The Balaban J connectivity index is 1.86. The van der Waals surface area contributed by atoms with E-state index < -0.39 is 10.0 Å². The molecule has 0 saturated carbocycles. The number of amides is 1. The first kappa shape index (κ1) is 16.7. The molecule has 0 saturated heterocycles. The van der Waals surface area contributed by atoms with Crippen LogP contribution in [0.1, 0.15) is 10.4 Å². The molecule has 0 fully saturated rings. The highest BCUT2D eigenvalue weighted by Gasteiger charge is 2.13. The van der Waals surface area contributed by atoms with E-state index >= 15 is 0 Å². The Labute approximate surface area is 145 Å². The Hall–Kier alpha value is -3.13. The molecular weight excluding hydrogens is 340 g/mol. The van der Waals surface area contributed by atoms with E-state index in [1.54, 1.807) is 65.6 Å². The molecule has 0 aliphatic carbocycles. The molecule has 128 valence electrons. The van der Waals surface area contributed by atoms with Gasteiger partial charge in [-0.15, -0.1) is 0 Å². The monoisotopic (exact) mass is 356 g/mol. The molecular formula is C17H16N4O3S. The second-order valence-corrected chi connectivity index (χ2v) is 7.13. The number of anilines is 2. The molecule has 0 spiro atoms. The van der Waals surface area contributed by atoms with Gasteiger partial charge in [0.25, 0.3) is 5.91 Å². The molecule has 8 heteroatoms. The number of benzene rings is 2. The van der Waals surface area contributed by atoms with E-state index in [-0.39, 0.29) is 5.91 Å². The van der Waals surface area contributed by atoms with Crippen LogP contribution in [0.5, 0.6) is 0 Å². The lowest BCUT2D eigenvalue weighted by molar-refractivity contribution is 0.102. The summed E-state index contributed by atoms with van der Waals surface area (Å²) in [4.78, 5) is 12.6. The van der Waals surface area contributed by atoms with Gasteiger partial charge >= 0.3 is 0 Å². The number of nitrogens with one attached hydrogen (secondary N) is 2. The van der Waals surface area contributed by atoms with Crippen molar-refractivity contribution in [3.63, 3.8) is 0 Å². The topological polar surface area (TPSA) is 93.1 Å². The molecule has 1 aromatic heterocycles. The van der Waals surface area contributed by atoms with Crippen LogP contribution in [0, 0.1) is 0 Å². The summed E-state index contributed by atoms with van der Waals surface area (Å²) in [5, 5.41) is 6.92. The summed E-state index contributed by atoms with van der Waals surface area (Å²) in [5.74, 6) is -0.317. The Morgan fingerprint density at radius 1 is 1.04 bits per heavy atom. The van der Waals surface area contributed by atoms with Crippen molar-refractivity contribution in [3.8, 4) is 5.69 Å². The molecule has 0 aliphatic rings. The minimum absolute atomic E-state index is 0.317. The molecule has 7 nitrogen and oxygen atoms in total. The molecule has 25 heavy (non-hydrogen) atoms. The fraction of sp³-hybridized carbons (Fsp3) is 0.0588. The van der Waals surface area contributed by atoms with Gasteiger partial charge in [0.15, 0.2) is 0 Å². The fourth-order valence-corrected chi connectivity index (χ4v) is 2.90. The number of carbonyl (C=O) groups excluding carboxylic acids is 1. The lowest BCUT2D eigenvalue weighted by Crippen LogP contribution is -2.15. The third-order valence-electron chi connectivity index (χ3n) is 3.32. The molecule has 0 radical (unpaired) electrons. The highest BCUT2D eigenvalue weighted by atomic mass is 32.2. The highest BCUT2D eigenvalue weighted by Crippen LogP contribution is 2.19. The summed E-state index contributed by atoms with van der Waals surface area (Å²) in [6, 6.07) is 15.4. The largest absolute Gasteiger partial charge is 0.322 e. The van der Waals surface area contributed by atoms with Crippen LogP contribution in [0.3, 0.4) is 0 Å². The van der Waals surface area contributed by atoms with Crippen molar-refractivity contribution in [2.24, 2.45) is 0 Å². The first-order valence-electron chi connectivity index (χ1n) is 7.41. The maximum Gasteiger partial charge on any atom is 0.257 e. The van der Waals surface area contributed by atoms with E-state index in [9.17, 15) is 13.2 Å². The smallest absolute Gasteiger partial charge is 0.257 e. The van der Waals surface area contributed by atoms with Gasteiger partial charge in [-0.05, 0) is 36.4 Å². The van der Waals surface area contributed by atoms with Crippen molar-refractivity contribution in [3.05, 3.63) is 72.6 Å². The number of hydrogen-bond donors (Lipinski definition) is 2. The third-order valence-corrected chi connectivity index (χ3v) is 3.93. The number of aromatic nitrogens is 2. The predicted molar refractivity (Wildman–Crippen MR) is 96.4 cm³/mol. The molecule has 1 amide bonds. The van der Waals surface area contributed by atoms with Crippen LogP contribution in [0.25, 0.3) is 5.69 Å². The molecule has 3 rings (SSSR count). The SMILES string of the molecule is CS(=O)(=O)Nc1cccc(NC(=O)c2ccccc2-n2cccn2)c1. The number of hydrogen-bond acceptors (Lipinski definition) is 4. The molecule has 2 N–H and O–H groups in total. The van der Waals surface area contributed by atoms with E-state index in [2.05, 4.69) is 15.1 Å². The standard InChI is InChI=1S/C17H16N4O3S/c1-25(23,24)20-14-7-4-6-13(12-14)19-17(22)15-8-2-3-9-16(15)21-11-5-10-18-21/h2-12,20H,1H3,(H,19,22). The summed E-state index contributed by atoms with van der Waals surface area (Å²) in [6.45, 7) is 0. The van der Waals surface area contributed by atoms with Crippen LogP contribution in [0.4, 0.5) is 11.4 Å². The van der Waals surface area contributed by atoms with Crippen molar-refractivity contribution in [1.82, 2.24) is 9.78 Å². The van der Waals surface area contributed by atoms with Crippen molar-refractivity contribution >= 4 is 27.3 Å². The zero-order valence-electron chi connectivity index (χ0n) is 13.4. The van der Waals surface area contributed by atoms with Crippen LogP contribution in [0.2, 0.25) is 0 Å². The number of para-hydroxylation sites is 1. The second kappa shape index (κ2) is 6.78. The fourth-order valence-electron chi connectivity index (χ4n) is 2.35. The van der Waals surface area contributed by atoms with Gasteiger partial charge < -0.3 is 5.32 Å². The van der Waals surface area contributed by atoms with Crippen LogP contribution in [-0.4, -0.2) is 30.4 Å². The van der Waals surface area contributed by atoms with Gasteiger partial charge in [-0.25, -0.2) is 13.1 Å². The maximum absolute atomic E-state index is 12.6. The molecule has 0 aliphatic heterocycles. The Bertz CT molecular complexity index is 998. The van der Waals surface area contributed by atoms with E-state index in [0.717, 1.165) is 6.26 Å². The van der Waals surface area contributed by atoms with E-state index in [1.165, 1.54) is 0 Å². The van der Waals surface area contributed by atoms with Gasteiger partial charge in [0.05, 0.1) is 23.2 Å². The number of nitrogens with zero attached hydrogens (tertiary/aromatic N) is 2. The molecule has 0 unspecified atom stereocenters. The summed E-state index contributed by atoms with van der Waals surface area (Å²) in [7, 11) is -3.39. The first-order valence-corrected chi connectivity index (χ1v) is 9.30. The Morgan fingerprint density at radius 3 is 2.52 bits per heavy atom. The quantitative estimate of drug-likeness (QED) is 0.734. The summed E-state index contributed by atoms with van der Waals surface area (Å²) >= 11 is 0. The Morgan fingerprint density at radius 2 is 1.80 bits per heavy atom. The van der Waals surface area contributed by atoms with Gasteiger partial charge in [-0.3, -0.25) is 9.52 Å². The molecule has 0 atom stereocenters. The summed E-state index contributed by atoms with van der Waals surface area (Å²) < 4.78 is 26.6. The number of sulfonamides is 1. The van der Waals surface area contributed by atoms with Gasteiger partial charge in [0.1, 0.15) is 0 Å².